The van der Waals surface area contributed by atoms with Crippen molar-refractivity contribution in [2.45, 2.75) is 6.92 Å². The van der Waals surface area contributed by atoms with Crippen LogP contribution in [-0.2, 0) is 9.59 Å². The van der Waals surface area contributed by atoms with Crippen molar-refractivity contribution >= 4 is 41.0 Å². The van der Waals surface area contributed by atoms with Crippen LogP contribution in [0.1, 0.15) is 11.1 Å². The number of anilines is 1. The van der Waals surface area contributed by atoms with E-state index < -0.39 is 16.7 Å². The molecule has 25 heavy (non-hydrogen) atoms. The molecule has 2 rings (SSSR count). The van der Waals surface area contributed by atoms with Crippen LogP contribution in [0.25, 0.3) is 0 Å². The topological polar surface area (TPSA) is 114 Å². The number of benzene rings is 2. The fourth-order valence-corrected chi connectivity index (χ4v) is 1.97. The lowest BCUT2D eigenvalue weighted by molar-refractivity contribution is -0.384. The lowest BCUT2D eigenvalue weighted by Gasteiger charge is -2.04. The van der Waals surface area contributed by atoms with Crippen molar-refractivity contribution in [1.82, 2.24) is 5.43 Å². The Kier molecular flexibility index (Phi) is 5.80. The highest BCUT2D eigenvalue weighted by Crippen LogP contribution is 2.27. The first kappa shape index (κ1) is 18.1. The highest BCUT2D eigenvalue weighted by Gasteiger charge is 2.17. The largest absolute Gasteiger partial charge is 0.329 e. The van der Waals surface area contributed by atoms with Crippen LogP contribution in [0, 0.1) is 17.0 Å². The van der Waals surface area contributed by atoms with Crippen molar-refractivity contribution in [2.24, 2.45) is 5.10 Å². The lowest BCUT2D eigenvalue weighted by Crippen LogP contribution is -2.32. The molecule has 2 aromatic rings. The van der Waals surface area contributed by atoms with Gasteiger partial charge in [0.1, 0.15) is 5.02 Å². The Hall–Kier alpha value is -3.26. The van der Waals surface area contributed by atoms with Gasteiger partial charge in [-0.15, -0.1) is 0 Å². The Bertz CT molecular complexity index is 850. The molecule has 0 aliphatic rings. The molecule has 0 aliphatic carbocycles. The average molecular weight is 361 g/mol. The Labute approximate surface area is 147 Å². The first-order chi connectivity index (χ1) is 11.9. The fraction of sp³-hybridized carbons (Fsp3) is 0.0625. The second-order valence-corrected chi connectivity index (χ2v) is 5.39. The van der Waals surface area contributed by atoms with Crippen molar-refractivity contribution in [3.05, 3.63) is 68.7 Å². The average Bonchev–Trinajstić information content (AvgIpc) is 2.58. The molecule has 2 amide bonds. The maximum Gasteiger partial charge on any atom is 0.329 e. The minimum Gasteiger partial charge on any atom is -0.317 e. The lowest BCUT2D eigenvalue weighted by atomic mass is 10.2. The van der Waals surface area contributed by atoms with Gasteiger partial charge in [0.15, 0.2) is 0 Å². The van der Waals surface area contributed by atoms with E-state index in [-0.39, 0.29) is 16.4 Å². The zero-order chi connectivity index (χ0) is 18.4. The maximum atomic E-state index is 11.8. The van der Waals surface area contributed by atoms with Gasteiger partial charge < -0.3 is 5.32 Å². The first-order valence-electron chi connectivity index (χ1n) is 7.02. The monoisotopic (exact) mass is 360 g/mol. The highest BCUT2D eigenvalue weighted by atomic mass is 35.5. The van der Waals surface area contributed by atoms with Crippen LogP contribution in [-0.4, -0.2) is 23.0 Å². The molecule has 0 aliphatic heterocycles. The summed E-state index contributed by atoms with van der Waals surface area (Å²) >= 11 is 5.67. The number of nitro benzene ring substituents is 1. The van der Waals surface area contributed by atoms with Gasteiger partial charge in [-0.3, -0.25) is 19.7 Å². The van der Waals surface area contributed by atoms with Crippen LogP contribution in [0.2, 0.25) is 5.02 Å². The number of hydrogen-bond acceptors (Lipinski definition) is 5. The second kappa shape index (κ2) is 8.02. The predicted molar refractivity (Wildman–Crippen MR) is 93.7 cm³/mol. The second-order valence-electron chi connectivity index (χ2n) is 4.99. The Morgan fingerprint density at radius 1 is 1.16 bits per heavy atom. The molecule has 8 nitrogen and oxygen atoms in total. The minimum atomic E-state index is -1.02. The van der Waals surface area contributed by atoms with Crippen LogP contribution in [0.4, 0.5) is 11.4 Å². The Morgan fingerprint density at radius 2 is 1.84 bits per heavy atom. The van der Waals surface area contributed by atoms with Crippen LogP contribution in [0.15, 0.2) is 47.6 Å². The van der Waals surface area contributed by atoms with Gasteiger partial charge in [0, 0.05) is 11.8 Å². The van der Waals surface area contributed by atoms with Gasteiger partial charge >= 0.3 is 11.8 Å². The first-order valence-corrected chi connectivity index (χ1v) is 7.39. The number of carbonyl (C=O) groups is 2. The number of carbonyl (C=O) groups excluding carboxylic acids is 2. The van der Waals surface area contributed by atoms with Gasteiger partial charge in [-0.05, 0) is 24.6 Å². The molecule has 0 heterocycles. The SMILES string of the molecule is Cc1ccc(/C=N/NC(=O)C(=O)Nc2ccc(Cl)c([N+](=O)[O-])c2)cc1. The van der Waals surface area contributed by atoms with Gasteiger partial charge in [0.2, 0.25) is 0 Å². The van der Waals surface area contributed by atoms with E-state index in [1.54, 1.807) is 12.1 Å². The number of nitrogens with one attached hydrogen (secondary N) is 2. The number of rotatable bonds is 4. The molecule has 0 saturated heterocycles. The standard InChI is InChI=1S/C16H13ClN4O4/c1-10-2-4-11(5-3-10)9-18-20-16(23)15(22)19-12-6-7-13(17)14(8-12)21(24)25/h2-9H,1H3,(H,19,22)(H,20,23)/b18-9+. The molecule has 0 bridgehead atoms. The van der Waals surface area contributed by atoms with Crippen LogP contribution in [0.5, 0.6) is 0 Å². The maximum absolute atomic E-state index is 11.8. The van der Waals surface area contributed by atoms with Crippen molar-refractivity contribution in [1.29, 1.82) is 0 Å². The third kappa shape index (κ3) is 5.11. The minimum absolute atomic E-state index is 0.0683. The smallest absolute Gasteiger partial charge is 0.317 e. The normalized spacial score (nSPS) is 10.5. The number of aryl methyl sites for hydroxylation is 1. The van der Waals surface area contributed by atoms with Gasteiger partial charge in [-0.2, -0.15) is 5.10 Å². The summed E-state index contributed by atoms with van der Waals surface area (Å²) in [5.41, 5.74) is 3.59. The number of nitro groups is 1. The Balaban J connectivity index is 1.96. The quantitative estimate of drug-likeness (QED) is 0.377. The van der Waals surface area contributed by atoms with Gasteiger partial charge in [-0.1, -0.05) is 41.4 Å². The Morgan fingerprint density at radius 3 is 2.48 bits per heavy atom. The molecule has 2 aromatic carbocycles. The van der Waals surface area contributed by atoms with E-state index in [4.69, 9.17) is 11.6 Å². The van der Waals surface area contributed by atoms with Gasteiger partial charge in [0.25, 0.3) is 5.69 Å². The van der Waals surface area contributed by atoms with Crippen molar-refractivity contribution in [3.63, 3.8) is 0 Å². The van der Waals surface area contributed by atoms with E-state index >= 15 is 0 Å². The van der Waals surface area contributed by atoms with Crippen molar-refractivity contribution in [2.75, 3.05) is 5.32 Å². The number of halogens is 1. The fourth-order valence-electron chi connectivity index (χ4n) is 1.79. The summed E-state index contributed by atoms with van der Waals surface area (Å²) < 4.78 is 0. The van der Waals surface area contributed by atoms with Gasteiger partial charge in [0.05, 0.1) is 11.1 Å². The predicted octanol–water partition coefficient (Wildman–Crippen LogP) is 2.65. The molecule has 0 spiro atoms. The summed E-state index contributed by atoms with van der Waals surface area (Å²) in [5, 5.41) is 16.6. The molecule has 9 heteroatoms. The molecule has 0 radical (unpaired) electrons. The van der Waals surface area contributed by atoms with Crippen LogP contribution >= 0.6 is 11.6 Å². The van der Waals surface area contributed by atoms with Crippen LogP contribution in [0.3, 0.4) is 0 Å². The highest BCUT2D eigenvalue weighted by molar-refractivity contribution is 6.39. The zero-order valence-electron chi connectivity index (χ0n) is 13.0. The number of nitrogens with zero attached hydrogens (tertiary/aromatic N) is 2. The van der Waals surface area contributed by atoms with Crippen molar-refractivity contribution < 1.29 is 14.5 Å². The summed E-state index contributed by atoms with van der Waals surface area (Å²) in [6.45, 7) is 1.94. The molecule has 0 unspecified atom stereocenters. The molecular weight excluding hydrogens is 348 g/mol. The van der Waals surface area contributed by atoms with Gasteiger partial charge in [-0.25, -0.2) is 5.43 Å². The third-order valence-corrected chi connectivity index (χ3v) is 3.38. The summed E-state index contributed by atoms with van der Waals surface area (Å²) in [5.74, 6) is -2.03. The van der Waals surface area contributed by atoms with Crippen molar-refractivity contribution in [3.8, 4) is 0 Å². The summed E-state index contributed by atoms with van der Waals surface area (Å²) in [6.07, 6.45) is 1.39. The number of amides is 2. The number of hydrogen-bond donors (Lipinski definition) is 2. The molecule has 0 atom stereocenters. The van der Waals surface area contributed by atoms with E-state index in [1.165, 1.54) is 18.3 Å². The molecule has 0 fully saturated rings. The van der Waals surface area contributed by atoms with Crippen LogP contribution < -0.4 is 10.7 Å². The molecule has 0 aromatic heterocycles. The molecular formula is C16H13ClN4O4. The number of hydrazone groups is 1. The summed E-state index contributed by atoms with van der Waals surface area (Å²) in [4.78, 5) is 33.6. The molecule has 128 valence electrons. The van der Waals surface area contributed by atoms with E-state index in [0.717, 1.165) is 17.2 Å². The molecule has 0 saturated carbocycles. The van der Waals surface area contributed by atoms with E-state index in [1.807, 2.05) is 19.1 Å². The van der Waals surface area contributed by atoms with E-state index in [9.17, 15) is 19.7 Å². The van der Waals surface area contributed by atoms with E-state index in [2.05, 4.69) is 15.8 Å². The summed E-state index contributed by atoms with van der Waals surface area (Å²) in [6, 6.07) is 11.0. The summed E-state index contributed by atoms with van der Waals surface area (Å²) in [7, 11) is 0. The van der Waals surface area contributed by atoms with E-state index in [0.29, 0.717) is 0 Å². The third-order valence-electron chi connectivity index (χ3n) is 3.06. The zero-order valence-corrected chi connectivity index (χ0v) is 13.8. The molecule has 2 N–H and O–H groups in total.